The Balaban J connectivity index is 0.000000299. The van der Waals surface area contributed by atoms with Crippen LogP contribution in [0.25, 0.3) is 0 Å². The van der Waals surface area contributed by atoms with Gasteiger partial charge >= 0.3 is 0 Å². The lowest BCUT2D eigenvalue weighted by molar-refractivity contribution is -0.110. The average Bonchev–Trinajstić information content (AvgIpc) is 3.03. The van der Waals surface area contributed by atoms with E-state index in [0.29, 0.717) is 18.8 Å². The van der Waals surface area contributed by atoms with Crippen LogP contribution in [0.3, 0.4) is 0 Å². The van der Waals surface area contributed by atoms with Crippen molar-refractivity contribution in [2.75, 3.05) is 26.0 Å². The minimum absolute atomic E-state index is 0.210. The summed E-state index contributed by atoms with van der Waals surface area (Å²) < 4.78 is 11.0. The molecule has 0 spiro atoms. The molecule has 1 heterocycles. The molecule has 0 fully saturated rings. The summed E-state index contributed by atoms with van der Waals surface area (Å²) in [6.45, 7) is 6.77. The third kappa shape index (κ3) is 14.0. The van der Waals surface area contributed by atoms with E-state index in [2.05, 4.69) is 15.6 Å². The van der Waals surface area contributed by atoms with E-state index in [1.54, 1.807) is 25.4 Å². The Morgan fingerprint density at radius 2 is 1.40 bits per heavy atom. The zero-order chi connectivity index (χ0) is 29.4. The first-order valence-electron chi connectivity index (χ1n) is 13.2. The molecule has 0 aliphatic heterocycles. The minimum Gasteiger partial charge on any atom is -0.457 e. The molecule has 4 aromatic rings. The van der Waals surface area contributed by atoms with Crippen molar-refractivity contribution in [2.45, 2.75) is 33.4 Å². The Hall–Kier alpha value is -4.33. The van der Waals surface area contributed by atoms with Crippen molar-refractivity contribution in [3.8, 4) is 11.5 Å². The fourth-order valence-corrected chi connectivity index (χ4v) is 3.00. The first-order valence-corrected chi connectivity index (χ1v) is 13.2. The van der Waals surface area contributed by atoms with Crippen LogP contribution in [0.4, 0.5) is 5.69 Å². The molecule has 1 atom stereocenters. The van der Waals surface area contributed by atoms with Crippen molar-refractivity contribution in [2.24, 2.45) is 0 Å². The summed E-state index contributed by atoms with van der Waals surface area (Å²) in [6, 6.07) is 30.8. The number of aryl methyl sites for hydroxylation is 1. The molecular formula is C33H41N3O4. The first kappa shape index (κ1) is 33.7. The molecule has 0 aliphatic carbocycles. The predicted octanol–water partition coefficient (Wildman–Crippen LogP) is 6.74. The number of anilines is 1. The third-order valence-corrected chi connectivity index (χ3v) is 5.24. The number of nitrogens with zero attached hydrogens (tertiary/aromatic N) is 1. The molecule has 0 radical (unpaired) electrons. The number of rotatable bonds is 10. The van der Waals surface area contributed by atoms with Crippen LogP contribution in [0.2, 0.25) is 0 Å². The Bertz CT molecular complexity index is 1190. The third-order valence-electron chi connectivity index (χ3n) is 5.24. The van der Waals surface area contributed by atoms with Gasteiger partial charge in [0.05, 0.1) is 19.3 Å². The molecule has 7 nitrogen and oxygen atoms in total. The summed E-state index contributed by atoms with van der Waals surface area (Å²) in [7, 11) is 3.64. The topological polar surface area (TPSA) is 89.6 Å². The van der Waals surface area contributed by atoms with E-state index in [4.69, 9.17) is 9.47 Å². The quantitative estimate of drug-likeness (QED) is 0.214. The van der Waals surface area contributed by atoms with Crippen LogP contribution in [0, 0.1) is 6.92 Å². The van der Waals surface area contributed by atoms with Gasteiger partial charge in [0, 0.05) is 30.2 Å². The number of ether oxygens (including phenoxy) is 2. The smallest absolute Gasteiger partial charge is 0.151 e. The number of hydrogen-bond donors (Lipinski definition) is 2. The van der Waals surface area contributed by atoms with Gasteiger partial charge in [-0.1, -0.05) is 62.4 Å². The number of pyridine rings is 1. The molecule has 0 bridgehead atoms. The van der Waals surface area contributed by atoms with Gasteiger partial charge in [-0.05, 0) is 68.1 Å². The fraction of sp³-hybridized carbons (Fsp3) is 0.242. The van der Waals surface area contributed by atoms with E-state index < -0.39 is 0 Å². The summed E-state index contributed by atoms with van der Waals surface area (Å²) in [5, 5.41) is 5.91. The van der Waals surface area contributed by atoms with Crippen molar-refractivity contribution in [1.29, 1.82) is 0 Å². The minimum atomic E-state index is -0.210. The van der Waals surface area contributed by atoms with Gasteiger partial charge in [0.1, 0.15) is 17.8 Å². The molecule has 0 saturated carbocycles. The van der Waals surface area contributed by atoms with Crippen LogP contribution in [-0.4, -0.2) is 44.3 Å². The molecule has 7 heteroatoms. The van der Waals surface area contributed by atoms with Gasteiger partial charge in [-0.25, -0.2) is 0 Å². The van der Waals surface area contributed by atoms with E-state index in [1.807, 2.05) is 113 Å². The van der Waals surface area contributed by atoms with Crippen LogP contribution < -0.4 is 15.4 Å². The number of nitrogens with one attached hydrogen (secondary N) is 2. The highest BCUT2D eigenvalue weighted by molar-refractivity contribution is 5.75. The summed E-state index contributed by atoms with van der Waals surface area (Å²) in [5.74, 6) is 1.70. The number of benzene rings is 3. The largest absolute Gasteiger partial charge is 0.457 e. The van der Waals surface area contributed by atoms with Crippen LogP contribution in [0.1, 0.15) is 35.5 Å². The van der Waals surface area contributed by atoms with Crippen LogP contribution >= 0.6 is 0 Å². The standard InChI is InChI=1S/C13H13NO.C11H15NO2.C7H7NO.C2H6/c1-14-11-7-9-13(10-8-11)15-12-5-3-2-4-6-12;1-12-11(7-13)9-14-8-10-5-3-2-4-6-10;1-6-7(5-9)3-2-4-8-6;1-2/h2-10,14H,1H3;2-7,11-12H,8-9H2,1H3;2-5H,1H3;1-2H3. The number of aldehydes is 2. The Kier molecular flexibility index (Phi) is 18.2. The number of aromatic nitrogens is 1. The molecule has 0 aliphatic rings. The van der Waals surface area contributed by atoms with Crippen molar-refractivity contribution < 1.29 is 19.1 Å². The molecule has 0 saturated heterocycles. The Morgan fingerprint density at radius 1 is 0.800 bits per heavy atom. The molecule has 1 aromatic heterocycles. The highest BCUT2D eigenvalue weighted by atomic mass is 16.5. The van der Waals surface area contributed by atoms with Gasteiger partial charge < -0.3 is 24.9 Å². The molecule has 1 unspecified atom stereocenters. The SMILES string of the molecule is CC.CNC(C=O)COCc1ccccc1.CNc1ccc(Oc2ccccc2)cc1.Cc1ncccc1C=O. The highest BCUT2D eigenvalue weighted by Crippen LogP contribution is 2.22. The molecule has 3 aromatic carbocycles. The Morgan fingerprint density at radius 3 is 1.90 bits per heavy atom. The first-order chi connectivity index (χ1) is 19.6. The molecular weight excluding hydrogens is 502 g/mol. The summed E-state index contributed by atoms with van der Waals surface area (Å²) in [4.78, 5) is 24.5. The van der Waals surface area contributed by atoms with Gasteiger partial charge in [0.15, 0.2) is 6.29 Å². The van der Waals surface area contributed by atoms with Crippen molar-refractivity contribution in [3.05, 3.63) is 120 Å². The Labute approximate surface area is 238 Å². The number of likely N-dealkylation sites (N-methyl/N-ethyl adjacent to an activating group) is 1. The van der Waals surface area contributed by atoms with Gasteiger partial charge in [0.2, 0.25) is 0 Å². The van der Waals surface area contributed by atoms with E-state index in [0.717, 1.165) is 41.0 Å². The monoisotopic (exact) mass is 543 g/mol. The number of carbonyl (C=O) groups excluding carboxylic acids is 2. The van der Waals surface area contributed by atoms with Gasteiger partial charge in [-0.3, -0.25) is 9.78 Å². The highest BCUT2D eigenvalue weighted by Gasteiger charge is 2.03. The number of hydrogen-bond acceptors (Lipinski definition) is 7. The maximum atomic E-state index is 10.4. The van der Waals surface area contributed by atoms with E-state index >= 15 is 0 Å². The predicted molar refractivity (Wildman–Crippen MR) is 163 cm³/mol. The summed E-state index contributed by atoms with van der Waals surface area (Å²) in [5.41, 5.74) is 3.65. The summed E-state index contributed by atoms with van der Waals surface area (Å²) in [6.07, 6.45) is 3.33. The second kappa shape index (κ2) is 21.6. The van der Waals surface area contributed by atoms with Crippen molar-refractivity contribution in [3.63, 3.8) is 0 Å². The van der Waals surface area contributed by atoms with Crippen LogP contribution in [0.15, 0.2) is 103 Å². The molecule has 40 heavy (non-hydrogen) atoms. The molecule has 212 valence electrons. The van der Waals surface area contributed by atoms with Gasteiger partial charge in [-0.2, -0.15) is 0 Å². The number of carbonyl (C=O) groups is 2. The maximum absolute atomic E-state index is 10.4. The number of para-hydroxylation sites is 1. The van der Waals surface area contributed by atoms with Crippen molar-refractivity contribution in [1.82, 2.24) is 10.3 Å². The lowest BCUT2D eigenvalue weighted by atomic mass is 10.2. The second-order valence-corrected chi connectivity index (χ2v) is 8.02. The molecule has 0 amide bonds. The second-order valence-electron chi connectivity index (χ2n) is 8.02. The lowest BCUT2D eigenvalue weighted by Gasteiger charge is -2.09. The van der Waals surface area contributed by atoms with E-state index in [-0.39, 0.29) is 6.04 Å². The van der Waals surface area contributed by atoms with Crippen molar-refractivity contribution >= 4 is 18.3 Å². The molecule has 4 rings (SSSR count). The average molecular weight is 544 g/mol. The lowest BCUT2D eigenvalue weighted by Crippen LogP contribution is -2.31. The maximum Gasteiger partial charge on any atom is 0.151 e. The fourth-order valence-electron chi connectivity index (χ4n) is 3.00. The normalized spacial score (nSPS) is 10.1. The summed E-state index contributed by atoms with van der Waals surface area (Å²) >= 11 is 0. The van der Waals surface area contributed by atoms with Crippen LogP contribution in [0.5, 0.6) is 11.5 Å². The van der Waals surface area contributed by atoms with Gasteiger partial charge in [0.25, 0.3) is 0 Å². The van der Waals surface area contributed by atoms with Crippen LogP contribution in [-0.2, 0) is 16.1 Å². The van der Waals surface area contributed by atoms with E-state index in [1.165, 1.54) is 0 Å². The van der Waals surface area contributed by atoms with E-state index in [9.17, 15) is 9.59 Å². The van der Waals surface area contributed by atoms with Gasteiger partial charge in [-0.15, -0.1) is 0 Å². The molecule has 2 N–H and O–H groups in total. The zero-order valence-corrected chi connectivity index (χ0v) is 24.0. The zero-order valence-electron chi connectivity index (χ0n) is 24.0.